The van der Waals surface area contributed by atoms with E-state index in [-0.39, 0.29) is 30.6 Å². The fraction of sp³-hybridized carbons (Fsp3) is 0.391. The van der Waals surface area contributed by atoms with E-state index in [1.54, 1.807) is 57.6 Å². The molecule has 2 heterocycles. The number of carbonyl (C=O) groups is 1. The number of nitrogens with zero attached hydrogens (tertiary/aromatic N) is 4. The Labute approximate surface area is 203 Å². The Bertz CT molecular complexity index is 1250. The number of anilines is 1. The molecule has 0 amide bonds. The summed E-state index contributed by atoms with van der Waals surface area (Å²) in [6.45, 7) is 5.15. The van der Waals surface area contributed by atoms with Gasteiger partial charge in [0.05, 0.1) is 31.3 Å². The molecule has 1 aromatic carbocycles. The Morgan fingerprint density at radius 1 is 1.23 bits per heavy atom. The average Bonchev–Trinajstić information content (AvgIpc) is 3.44. The molecule has 35 heavy (non-hydrogen) atoms. The van der Waals surface area contributed by atoms with E-state index in [0.29, 0.717) is 23.3 Å². The maximum atomic E-state index is 13.6. The molecule has 3 N–H and O–H groups in total. The number of imidazole rings is 1. The molecule has 0 radical (unpaired) electrons. The topological polar surface area (TPSA) is 143 Å². The van der Waals surface area contributed by atoms with Crippen molar-refractivity contribution in [3.8, 4) is 5.75 Å². The molecule has 0 saturated heterocycles. The predicted octanol–water partition coefficient (Wildman–Crippen LogP) is 3.66. The van der Waals surface area contributed by atoms with Crippen molar-refractivity contribution in [1.29, 1.82) is 0 Å². The van der Waals surface area contributed by atoms with Crippen molar-refractivity contribution in [3.05, 3.63) is 55.0 Å². The van der Waals surface area contributed by atoms with Gasteiger partial charge in [-0.25, -0.2) is 14.5 Å². The molecule has 1 aliphatic rings. The van der Waals surface area contributed by atoms with E-state index in [4.69, 9.17) is 19.5 Å². The number of nitrogen functional groups attached to an aromatic ring is 1. The van der Waals surface area contributed by atoms with Crippen LogP contribution < -0.4 is 15.3 Å². The van der Waals surface area contributed by atoms with Crippen LogP contribution >= 0.6 is 7.75 Å². The Morgan fingerprint density at radius 2 is 2.00 bits per heavy atom. The molecule has 0 aliphatic heterocycles. The van der Waals surface area contributed by atoms with Gasteiger partial charge < -0.3 is 19.6 Å². The van der Waals surface area contributed by atoms with E-state index < -0.39 is 19.8 Å². The highest BCUT2D eigenvalue weighted by Gasteiger charge is 2.34. The van der Waals surface area contributed by atoms with Crippen LogP contribution in [0.4, 0.5) is 5.95 Å². The molecule has 3 aromatic rings. The number of nitrogens with two attached hydrogens (primary N) is 1. The first kappa shape index (κ1) is 24.8. The van der Waals surface area contributed by atoms with Crippen LogP contribution in [0, 0.1) is 5.92 Å². The molecule has 0 spiro atoms. The molecule has 0 saturated carbocycles. The van der Waals surface area contributed by atoms with Crippen molar-refractivity contribution >= 4 is 30.8 Å². The van der Waals surface area contributed by atoms with Crippen molar-refractivity contribution in [2.24, 2.45) is 5.92 Å². The lowest BCUT2D eigenvalue weighted by molar-refractivity contribution is -0.149. The number of aromatic nitrogens is 4. The van der Waals surface area contributed by atoms with Crippen LogP contribution in [0.1, 0.15) is 33.2 Å². The monoisotopic (exact) mass is 500 g/mol. The number of nitrogens with one attached hydrogen (secondary N) is 1. The van der Waals surface area contributed by atoms with Gasteiger partial charge >= 0.3 is 13.7 Å². The maximum absolute atomic E-state index is 13.6. The molecule has 11 nitrogen and oxygen atoms in total. The zero-order chi connectivity index (χ0) is 25.0. The quantitative estimate of drug-likeness (QED) is 0.240. The molecular formula is C23H29N6O5P. The zero-order valence-corrected chi connectivity index (χ0v) is 20.7. The Kier molecular flexibility index (Phi) is 7.49. The summed E-state index contributed by atoms with van der Waals surface area (Å²) < 4.78 is 32.3. The normalized spacial score (nSPS) is 20.1. The summed E-state index contributed by atoms with van der Waals surface area (Å²) in [5.41, 5.74) is 7.03. The first-order valence-corrected chi connectivity index (χ1v) is 12.9. The van der Waals surface area contributed by atoms with Gasteiger partial charge in [0.1, 0.15) is 17.3 Å². The third kappa shape index (κ3) is 6.25. The molecule has 1 aliphatic carbocycles. The summed E-state index contributed by atoms with van der Waals surface area (Å²) in [5, 5.41) is 2.71. The predicted molar refractivity (Wildman–Crippen MR) is 130 cm³/mol. The Balaban J connectivity index is 1.43. The highest BCUT2D eigenvalue weighted by atomic mass is 31.2. The van der Waals surface area contributed by atoms with Crippen LogP contribution in [0.25, 0.3) is 11.2 Å². The number of carbonyl (C=O) groups excluding carboxylic acids is 1. The standard InChI is InChI=1S/C23H29N6O5P/c1-15(2)33-22(30)16(3)28-35(31,34-19-7-5-4-6-8-19)32-13-17-9-10-18(11-17)29-14-26-20-12-25-23(24)27-21(20)29/h4-10,12,14-18H,11,13H2,1-3H3,(H,28,31)(H2,24,25,27)/t16-,17+,18-,35+/m0/s1. The Hall–Kier alpha value is -3.27. The summed E-state index contributed by atoms with van der Waals surface area (Å²) in [6.07, 6.45) is 7.66. The second-order valence-electron chi connectivity index (χ2n) is 8.57. The third-order valence-corrected chi connectivity index (χ3v) is 6.97. The van der Waals surface area contributed by atoms with Gasteiger partial charge in [0.2, 0.25) is 5.95 Å². The summed E-state index contributed by atoms with van der Waals surface area (Å²) in [5.74, 6) is -0.0651. The number of rotatable bonds is 10. The van der Waals surface area contributed by atoms with E-state index in [0.717, 1.165) is 0 Å². The van der Waals surface area contributed by atoms with E-state index in [1.165, 1.54) is 0 Å². The molecule has 4 atom stereocenters. The van der Waals surface area contributed by atoms with Crippen LogP contribution in [0.2, 0.25) is 0 Å². The van der Waals surface area contributed by atoms with Gasteiger partial charge in [-0.1, -0.05) is 30.4 Å². The fourth-order valence-electron chi connectivity index (χ4n) is 3.69. The van der Waals surface area contributed by atoms with Crippen LogP contribution in [0.3, 0.4) is 0 Å². The van der Waals surface area contributed by atoms with Gasteiger partial charge in [-0.2, -0.15) is 10.1 Å². The lowest BCUT2D eigenvalue weighted by Gasteiger charge is -2.24. The van der Waals surface area contributed by atoms with Crippen molar-refractivity contribution in [2.75, 3.05) is 12.3 Å². The van der Waals surface area contributed by atoms with Gasteiger partial charge in [-0.15, -0.1) is 0 Å². The number of allylic oxidation sites excluding steroid dienone is 1. The van der Waals surface area contributed by atoms with E-state index in [2.05, 4.69) is 20.0 Å². The van der Waals surface area contributed by atoms with Gasteiger partial charge in [-0.05, 0) is 39.3 Å². The lowest BCUT2D eigenvalue weighted by Crippen LogP contribution is -2.36. The average molecular weight is 500 g/mol. The van der Waals surface area contributed by atoms with Gasteiger partial charge in [0, 0.05) is 5.92 Å². The zero-order valence-electron chi connectivity index (χ0n) is 19.8. The van der Waals surface area contributed by atoms with Crippen LogP contribution in [0.5, 0.6) is 5.75 Å². The Morgan fingerprint density at radius 3 is 2.74 bits per heavy atom. The minimum atomic E-state index is -3.91. The minimum absolute atomic E-state index is 0.0229. The van der Waals surface area contributed by atoms with Gasteiger partial charge in [0.25, 0.3) is 0 Å². The van der Waals surface area contributed by atoms with Gasteiger partial charge in [0.15, 0.2) is 5.65 Å². The van der Waals surface area contributed by atoms with Crippen molar-refractivity contribution in [1.82, 2.24) is 24.6 Å². The van der Waals surface area contributed by atoms with Crippen molar-refractivity contribution in [2.45, 2.75) is 45.4 Å². The molecule has 0 fully saturated rings. The number of benzene rings is 1. The first-order chi connectivity index (χ1) is 16.7. The largest absolute Gasteiger partial charge is 0.462 e. The number of para-hydroxylation sites is 1. The first-order valence-electron chi connectivity index (χ1n) is 11.3. The molecule has 0 bridgehead atoms. The van der Waals surface area contributed by atoms with Gasteiger partial charge in [-0.3, -0.25) is 9.32 Å². The number of ether oxygens (including phenoxy) is 1. The fourth-order valence-corrected chi connectivity index (χ4v) is 5.24. The maximum Gasteiger partial charge on any atom is 0.459 e. The highest BCUT2D eigenvalue weighted by Crippen LogP contribution is 2.46. The number of hydrogen-bond acceptors (Lipinski definition) is 9. The van der Waals surface area contributed by atoms with Crippen LogP contribution in [0.15, 0.2) is 55.0 Å². The second kappa shape index (κ2) is 10.6. The summed E-state index contributed by atoms with van der Waals surface area (Å²) >= 11 is 0. The molecular weight excluding hydrogens is 471 g/mol. The molecule has 0 unspecified atom stereocenters. The molecule has 186 valence electrons. The summed E-state index contributed by atoms with van der Waals surface area (Å²) in [6, 6.07) is 7.73. The van der Waals surface area contributed by atoms with Crippen molar-refractivity contribution in [3.63, 3.8) is 0 Å². The SMILES string of the molecule is CC(C)OC(=O)[C@H](C)N[P@@](=O)(OC[C@@H]1C=C[C@H](n2cnc3cnc(N)nc32)C1)Oc1ccccc1. The molecule has 12 heteroatoms. The number of hydrogen-bond donors (Lipinski definition) is 2. The molecule has 4 rings (SSSR count). The minimum Gasteiger partial charge on any atom is -0.462 e. The summed E-state index contributed by atoms with van der Waals surface area (Å²) in [7, 11) is -3.91. The number of esters is 1. The van der Waals surface area contributed by atoms with E-state index in [9.17, 15) is 9.36 Å². The smallest absolute Gasteiger partial charge is 0.459 e. The van der Waals surface area contributed by atoms with Crippen LogP contribution in [-0.2, 0) is 18.6 Å². The lowest BCUT2D eigenvalue weighted by atomic mass is 10.1. The van der Waals surface area contributed by atoms with Crippen molar-refractivity contribution < 1.29 is 23.1 Å². The molecule has 2 aromatic heterocycles. The van der Waals surface area contributed by atoms with E-state index in [1.807, 2.05) is 22.8 Å². The summed E-state index contributed by atoms with van der Waals surface area (Å²) in [4.78, 5) is 24.9. The number of fused-ring (bicyclic) bond motifs is 1. The van der Waals surface area contributed by atoms with E-state index >= 15 is 0 Å². The second-order valence-corrected chi connectivity index (χ2v) is 10.3. The third-order valence-electron chi connectivity index (χ3n) is 5.33. The van der Waals surface area contributed by atoms with Crippen LogP contribution in [-0.4, -0.2) is 44.2 Å². The highest BCUT2D eigenvalue weighted by molar-refractivity contribution is 7.52.